The van der Waals surface area contributed by atoms with Crippen LogP contribution in [0.1, 0.15) is 206 Å². The molecule has 0 spiro atoms. The summed E-state index contributed by atoms with van der Waals surface area (Å²) in [4.78, 5) is 11.7. The highest BCUT2D eigenvalue weighted by Gasteiger charge is 2.16. The number of unbranched alkanes of at least 4 members (excludes halogenated alkanes) is 20. The zero-order valence-corrected chi connectivity index (χ0v) is 27.2. The standard InChI is InChI=1S/C36H72O4/c1-3-5-7-23-29-34(37)31-25-19-15-11-9-10-13-17-21-27-33(36(39)40)28-22-18-14-12-16-20-26-32-35(38)30-24-8-6-4-2/h33-35,37-38H,3-32H2,1-2H3,(H,39,40). The van der Waals surface area contributed by atoms with Gasteiger partial charge in [0.05, 0.1) is 18.1 Å². The van der Waals surface area contributed by atoms with Crippen molar-refractivity contribution in [3.63, 3.8) is 0 Å². The van der Waals surface area contributed by atoms with E-state index in [1.807, 2.05) is 0 Å². The number of aliphatic hydroxyl groups is 2. The maximum atomic E-state index is 11.7. The van der Waals surface area contributed by atoms with Crippen molar-refractivity contribution in [1.82, 2.24) is 0 Å². The number of carboxylic acids is 1. The fourth-order valence-corrected chi connectivity index (χ4v) is 5.96. The molecule has 0 aromatic carbocycles. The van der Waals surface area contributed by atoms with E-state index >= 15 is 0 Å². The van der Waals surface area contributed by atoms with E-state index in [9.17, 15) is 20.1 Å². The van der Waals surface area contributed by atoms with Crippen LogP contribution in [-0.4, -0.2) is 33.5 Å². The van der Waals surface area contributed by atoms with Gasteiger partial charge < -0.3 is 15.3 Å². The summed E-state index contributed by atoms with van der Waals surface area (Å²) in [5, 5.41) is 29.7. The van der Waals surface area contributed by atoms with Crippen LogP contribution in [-0.2, 0) is 4.79 Å². The van der Waals surface area contributed by atoms with Crippen molar-refractivity contribution in [1.29, 1.82) is 0 Å². The van der Waals surface area contributed by atoms with Crippen molar-refractivity contribution in [2.24, 2.45) is 5.92 Å². The lowest BCUT2D eigenvalue weighted by Crippen LogP contribution is -2.13. The summed E-state index contributed by atoms with van der Waals surface area (Å²) in [6, 6.07) is 0. The largest absolute Gasteiger partial charge is 0.481 e. The Kier molecular flexibility index (Phi) is 30.9. The Morgan fingerprint density at radius 2 is 0.625 bits per heavy atom. The van der Waals surface area contributed by atoms with Crippen LogP contribution in [0, 0.1) is 5.92 Å². The first kappa shape index (κ1) is 39.4. The van der Waals surface area contributed by atoms with Crippen LogP contribution in [0.2, 0.25) is 0 Å². The molecule has 240 valence electrons. The molecule has 0 fully saturated rings. The summed E-state index contributed by atoms with van der Waals surface area (Å²) in [6.07, 6.45) is 34.6. The number of hydrogen-bond acceptors (Lipinski definition) is 3. The van der Waals surface area contributed by atoms with Crippen molar-refractivity contribution >= 4 is 5.97 Å². The molecule has 3 atom stereocenters. The van der Waals surface area contributed by atoms with Gasteiger partial charge >= 0.3 is 5.97 Å². The Bertz CT molecular complexity index is 509. The average molecular weight is 569 g/mol. The molecule has 0 aromatic rings. The van der Waals surface area contributed by atoms with Crippen LogP contribution < -0.4 is 0 Å². The maximum absolute atomic E-state index is 11.7. The van der Waals surface area contributed by atoms with E-state index in [0.29, 0.717) is 0 Å². The van der Waals surface area contributed by atoms with Gasteiger partial charge in [-0.2, -0.15) is 0 Å². The molecule has 3 unspecified atom stereocenters. The normalized spacial score (nSPS) is 13.9. The first-order valence-electron chi connectivity index (χ1n) is 18.1. The third-order valence-electron chi connectivity index (χ3n) is 8.81. The van der Waals surface area contributed by atoms with E-state index in [-0.39, 0.29) is 18.1 Å². The van der Waals surface area contributed by atoms with E-state index in [4.69, 9.17) is 0 Å². The van der Waals surface area contributed by atoms with Crippen LogP contribution in [0.3, 0.4) is 0 Å². The smallest absolute Gasteiger partial charge is 0.306 e. The summed E-state index contributed by atoms with van der Waals surface area (Å²) in [5.41, 5.74) is 0. The molecule has 4 nitrogen and oxygen atoms in total. The minimum absolute atomic E-state index is 0.0857. The van der Waals surface area contributed by atoms with Crippen molar-refractivity contribution in [2.45, 2.75) is 219 Å². The van der Waals surface area contributed by atoms with Crippen molar-refractivity contribution < 1.29 is 20.1 Å². The minimum Gasteiger partial charge on any atom is -0.481 e. The maximum Gasteiger partial charge on any atom is 0.306 e. The number of aliphatic hydroxyl groups excluding tert-OH is 2. The fourth-order valence-electron chi connectivity index (χ4n) is 5.96. The molecular formula is C36H72O4. The second-order valence-electron chi connectivity index (χ2n) is 12.9. The lowest BCUT2D eigenvalue weighted by Gasteiger charge is -2.12. The van der Waals surface area contributed by atoms with E-state index in [0.717, 1.165) is 70.6 Å². The predicted molar refractivity (Wildman–Crippen MR) is 173 cm³/mol. The molecule has 40 heavy (non-hydrogen) atoms. The fraction of sp³-hybridized carbons (Fsp3) is 0.972. The highest BCUT2D eigenvalue weighted by molar-refractivity contribution is 5.69. The molecule has 0 bridgehead atoms. The van der Waals surface area contributed by atoms with Crippen molar-refractivity contribution in [2.75, 3.05) is 0 Å². The summed E-state index contributed by atoms with van der Waals surface area (Å²) < 4.78 is 0. The second kappa shape index (κ2) is 31.3. The number of carbonyl (C=O) groups is 1. The SMILES string of the molecule is CCCCCCC(O)CCCCCCCCCCCC(CCCCCCCCCC(O)CCCCCC)C(=O)O. The number of rotatable bonds is 33. The molecule has 4 heteroatoms. The molecule has 0 aliphatic heterocycles. The first-order chi connectivity index (χ1) is 19.5. The molecule has 0 aliphatic rings. The van der Waals surface area contributed by atoms with E-state index in [1.54, 1.807) is 0 Å². The third kappa shape index (κ3) is 28.9. The quantitative estimate of drug-likeness (QED) is 0.0688. The van der Waals surface area contributed by atoms with Crippen LogP contribution in [0.25, 0.3) is 0 Å². The van der Waals surface area contributed by atoms with Crippen LogP contribution in [0.5, 0.6) is 0 Å². The second-order valence-corrected chi connectivity index (χ2v) is 12.9. The van der Waals surface area contributed by atoms with Crippen molar-refractivity contribution in [3.05, 3.63) is 0 Å². The van der Waals surface area contributed by atoms with Crippen LogP contribution >= 0.6 is 0 Å². The molecule has 3 N–H and O–H groups in total. The topological polar surface area (TPSA) is 77.8 Å². The van der Waals surface area contributed by atoms with Gasteiger partial charge in [-0.15, -0.1) is 0 Å². The van der Waals surface area contributed by atoms with E-state index in [1.165, 1.54) is 122 Å². The van der Waals surface area contributed by atoms with Gasteiger partial charge in [-0.05, 0) is 38.5 Å². The summed E-state index contributed by atoms with van der Waals surface area (Å²) in [6.45, 7) is 4.45. The molecule has 0 aromatic heterocycles. The van der Waals surface area contributed by atoms with E-state index < -0.39 is 5.97 Å². The lowest BCUT2D eigenvalue weighted by atomic mass is 9.94. The highest BCUT2D eigenvalue weighted by Crippen LogP contribution is 2.21. The summed E-state index contributed by atoms with van der Waals surface area (Å²) in [7, 11) is 0. The molecule has 0 saturated heterocycles. The number of aliphatic carboxylic acids is 1. The molecule has 0 heterocycles. The molecular weight excluding hydrogens is 496 g/mol. The number of carboxylic acid groups (broad SMARTS) is 1. The van der Waals surface area contributed by atoms with Gasteiger partial charge in [-0.1, -0.05) is 168 Å². The van der Waals surface area contributed by atoms with Gasteiger partial charge in [0.25, 0.3) is 0 Å². The van der Waals surface area contributed by atoms with Crippen LogP contribution in [0.4, 0.5) is 0 Å². The minimum atomic E-state index is -0.598. The predicted octanol–water partition coefficient (Wildman–Crippen LogP) is 11.2. The Morgan fingerprint density at radius 3 is 0.875 bits per heavy atom. The van der Waals surface area contributed by atoms with Gasteiger partial charge in [0.1, 0.15) is 0 Å². The molecule has 0 saturated carbocycles. The van der Waals surface area contributed by atoms with Gasteiger partial charge in [-0.25, -0.2) is 0 Å². The Morgan fingerprint density at radius 1 is 0.400 bits per heavy atom. The van der Waals surface area contributed by atoms with E-state index in [2.05, 4.69) is 13.8 Å². The lowest BCUT2D eigenvalue weighted by molar-refractivity contribution is -0.142. The monoisotopic (exact) mass is 569 g/mol. The molecule has 0 radical (unpaired) electrons. The molecule has 0 aliphatic carbocycles. The van der Waals surface area contributed by atoms with Gasteiger partial charge in [0, 0.05) is 0 Å². The van der Waals surface area contributed by atoms with Crippen LogP contribution in [0.15, 0.2) is 0 Å². The Balaban J connectivity index is 3.50. The first-order valence-corrected chi connectivity index (χ1v) is 18.1. The average Bonchev–Trinajstić information content (AvgIpc) is 2.94. The van der Waals surface area contributed by atoms with Gasteiger partial charge in [-0.3, -0.25) is 4.79 Å². The number of hydrogen-bond donors (Lipinski definition) is 3. The zero-order chi connectivity index (χ0) is 29.5. The Labute approximate surface area is 250 Å². The third-order valence-corrected chi connectivity index (χ3v) is 8.81. The summed E-state index contributed by atoms with van der Waals surface area (Å²) >= 11 is 0. The van der Waals surface area contributed by atoms with Crippen molar-refractivity contribution in [3.8, 4) is 0 Å². The van der Waals surface area contributed by atoms with Gasteiger partial charge in [0.2, 0.25) is 0 Å². The summed E-state index contributed by atoms with van der Waals surface area (Å²) in [5.74, 6) is -0.750. The molecule has 0 rings (SSSR count). The highest BCUT2D eigenvalue weighted by atomic mass is 16.4. The zero-order valence-electron chi connectivity index (χ0n) is 27.2. The van der Waals surface area contributed by atoms with Gasteiger partial charge in [0.15, 0.2) is 0 Å². The Hall–Kier alpha value is -0.610. The molecule has 0 amide bonds.